The SMILES string of the molecule is CCCCN(CC(=O)N(Cc1ccco1)Cc1cccn1C)C(=O)C1CCCCC1. The Morgan fingerprint density at radius 2 is 1.90 bits per heavy atom. The maximum atomic E-state index is 13.3. The van der Waals surface area contributed by atoms with E-state index in [0.717, 1.165) is 50.0 Å². The average Bonchev–Trinajstić information content (AvgIpc) is 3.42. The van der Waals surface area contributed by atoms with E-state index in [4.69, 9.17) is 4.42 Å². The summed E-state index contributed by atoms with van der Waals surface area (Å²) in [5, 5.41) is 0. The third kappa shape index (κ3) is 6.00. The maximum absolute atomic E-state index is 13.3. The summed E-state index contributed by atoms with van der Waals surface area (Å²) in [6.45, 7) is 3.79. The summed E-state index contributed by atoms with van der Waals surface area (Å²) in [4.78, 5) is 30.1. The van der Waals surface area contributed by atoms with Gasteiger partial charge in [-0.05, 0) is 43.5 Å². The molecule has 30 heavy (non-hydrogen) atoms. The van der Waals surface area contributed by atoms with Gasteiger partial charge in [0.05, 0.1) is 25.9 Å². The van der Waals surface area contributed by atoms with Crippen LogP contribution < -0.4 is 0 Å². The van der Waals surface area contributed by atoms with Crippen molar-refractivity contribution in [3.05, 3.63) is 48.2 Å². The zero-order valence-electron chi connectivity index (χ0n) is 18.4. The molecule has 2 aromatic heterocycles. The van der Waals surface area contributed by atoms with E-state index in [2.05, 4.69) is 6.92 Å². The van der Waals surface area contributed by atoms with E-state index < -0.39 is 0 Å². The fourth-order valence-corrected chi connectivity index (χ4v) is 4.17. The van der Waals surface area contributed by atoms with E-state index >= 15 is 0 Å². The first-order chi connectivity index (χ1) is 14.6. The number of nitrogens with zero attached hydrogens (tertiary/aromatic N) is 3. The minimum atomic E-state index is -0.0344. The number of carbonyl (C=O) groups is 2. The van der Waals surface area contributed by atoms with Gasteiger partial charge in [0.2, 0.25) is 11.8 Å². The number of aromatic nitrogens is 1. The van der Waals surface area contributed by atoms with Gasteiger partial charge in [0.1, 0.15) is 5.76 Å². The molecule has 6 heteroatoms. The Morgan fingerprint density at radius 3 is 2.53 bits per heavy atom. The lowest BCUT2D eigenvalue weighted by Gasteiger charge is -2.31. The molecule has 0 N–H and O–H groups in total. The van der Waals surface area contributed by atoms with Crippen molar-refractivity contribution in [3.63, 3.8) is 0 Å². The molecule has 164 valence electrons. The Hall–Kier alpha value is -2.50. The third-order valence-electron chi connectivity index (χ3n) is 6.06. The van der Waals surface area contributed by atoms with Gasteiger partial charge in [0, 0.05) is 31.4 Å². The summed E-state index contributed by atoms with van der Waals surface area (Å²) in [6.07, 6.45) is 10.9. The molecular weight excluding hydrogens is 378 g/mol. The molecule has 1 aliphatic rings. The molecule has 0 atom stereocenters. The monoisotopic (exact) mass is 413 g/mol. The number of aryl methyl sites for hydroxylation is 1. The van der Waals surface area contributed by atoms with E-state index in [1.54, 1.807) is 11.2 Å². The van der Waals surface area contributed by atoms with E-state index in [0.29, 0.717) is 19.6 Å². The maximum Gasteiger partial charge on any atom is 0.242 e. The van der Waals surface area contributed by atoms with Crippen LogP contribution in [0.15, 0.2) is 41.1 Å². The molecule has 1 aliphatic carbocycles. The number of hydrogen-bond donors (Lipinski definition) is 0. The fraction of sp³-hybridized carbons (Fsp3) is 0.583. The quantitative estimate of drug-likeness (QED) is 0.582. The molecule has 0 radical (unpaired) electrons. The van der Waals surface area contributed by atoms with E-state index in [1.165, 1.54) is 6.42 Å². The number of amides is 2. The van der Waals surface area contributed by atoms with Crippen molar-refractivity contribution in [2.24, 2.45) is 13.0 Å². The fourth-order valence-electron chi connectivity index (χ4n) is 4.17. The zero-order chi connectivity index (χ0) is 21.3. The summed E-state index contributed by atoms with van der Waals surface area (Å²) in [5.74, 6) is 0.951. The van der Waals surface area contributed by atoms with Crippen LogP contribution >= 0.6 is 0 Å². The normalized spacial score (nSPS) is 14.6. The van der Waals surface area contributed by atoms with Crippen molar-refractivity contribution in [3.8, 4) is 0 Å². The first-order valence-corrected chi connectivity index (χ1v) is 11.3. The first-order valence-electron chi connectivity index (χ1n) is 11.3. The van der Waals surface area contributed by atoms with Crippen molar-refractivity contribution in [1.82, 2.24) is 14.4 Å². The number of hydrogen-bond acceptors (Lipinski definition) is 3. The summed E-state index contributed by atoms with van der Waals surface area (Å²) in [5.41, 5.74) is 1.05. The molecule has 0 saturated heterocycles. The van der Waals surface area contributed by atoms with Crippen LogP contribution in [0.3, 0.4) is 0 Å². The summed E-state index contributed by atoms with van der Waals surface area (Å²) in [6, 6.07) is 7.71. The number of carbonyl (C=O) groups excluding carboxylic acids is 2. The lowest BCUT2D eigenvalue weighted by atomic mass is 9.88. The highest BCUT2D eigenvalue weighted by Gasteiger charge is 2.28. The minimum Gasteiger partial charge on any atom is -0.467 e. The van der Waals surface area contributed by atoms with E-state index in [1.807, 2.05) is 47.0 Å². The molecule has 6 nitrogen and oxygen atoms in total. The van der Waals surface area contributed by atoms with Crippen molar-refractivity contribution < 1.29 is 14.0 Å². The summed E-state index contributed by atoms with van der Waals surface area (Å²) >= 11 is 0. The van der Waals surface area contributed by atoms with Gasteiger partial charge >= 0.3 is 0 Å². The molecule has 2 aromatic rings. The largest absolute Gasteiger partial charge is 0.467 e. The van der Waals surface area contributed by atoms with Crippen molar-refractivity contribution in [1.29, 1.82) is 0 Å². The predicted molar refractivity (Wildman–Crippen MR) is 116 cm³/mol. The Labute approximate surface area is 179 Å². The molecule has 1 saturated carbocycles. The standard InChI is InChI=1S/C24H35N3O3/c1-3-4-15-26(24(29)20-10-6-5-7-11-20)19-23(28)27(18-22-13-9-16-30-22)17-21-12-8-14-25(21)2/h8-9,12-14,16,20H,3-7,10-11,15,17-19H2,1-2H3. The van der Waals surface area contributed by atoms with Gasteiger partial charge in [-0.1, -0.05) is 32.6 Å². The molecule has 0 aromatic carbocycles. The summed E-state index contributed by atoms with van der Waals surface area (Å²) in [7, 11) is 1.98. The molecular formula is C24H35N3O3. The number of rotatable bonds is 10. The first kappa shape index (κ1) is 22.2. The molecule has 0 unspecified atom stereocenters. The van der Waals surface area contributed by atoms with Crippen LogP contribution in [-0.2, 0) is 29.7 Å². The highest BCUT2D eigenvalue weighted by Crippen LogP contribution is 2.26. The second-order valence-electron chi connectivity index (χ2n) is 8.39. The highest BCUT2D eigenvalue weighted by atomic mass is 16.3. The van der Waals surface area contributed by atoms with Crippen LogP contribution in [0.5, 0.6) is 0 Å². The number of furan rings is 1. The van der Waals surface area contributed by atoms with Gasteiger partial charge in [-0.3, -0.25) is 9.59 Å². The van der Waals surface area contributed by atoms with Gasteiger partial charge in [0.25, 0.3) is 0 Å². The van der Waals surface area contributed by atoms with Crippen molar-refractivity contribution in [2.45, 2.75) is 65.0 Å². The van der Waals surface area contributed by atoms with Crippen LogP contribution in [0.4, 0.5) is 0 Å². The molecule has 0 aliphatic heterocycles. The Balaban J connectivity index is 1.72. The van der Waals surface area contributed by atoms with E-state index in [-0.39, 0.29) is 24.3 Å². The zero-order valence-corrected chi connectivity index (χ0v) is 18.4. The van der Waals surface area contributed by atoms with Gasteiger partial charge in [0.15, 0.2) is 0 Å². The van der Waals surface area contributed by atoms with Crippen LogP contribution in [0.2, 0.25) is 0 Å². The second-order valence-corrected chi connectivity index (χ2v) is 8.39. The molecule has 0 spiro atoms. The lowest BCUT2D eigenvalue weighted by Crippen LogP contribution is -2.45. The number of unbranched alkanes of at least 4 members (excludes halogenated alkanes) is 1. The molecule has 1 fully saturated rings. The van der Waals surface area contributed by atoms with Gasteiger partial charge in [-0.25, -0.2) is 0 Å². The van der Waals surface area contributed by atoms with Crippen molar-refractivity contribution in [2.75, 3.05) is 13.1 Å². The third-order valence-corrected chi connectivity index (χ3v) is 6.06. The highest BCUT2D eigenvalue weighted by molar-refractivity contribution is 5.86. The topological polar surface area (TPSA) is 58.7 Å². The Bertz CT molecular complexity index is 790. The van der Waals surface area contributed by atoms with Crippen LogP contribution in [0.25, 0.3) is 0 Å². The summed E-state index contributed by atoms with van der Waals surface area (Å²) < 4.78 is 7.51. The molecule has 2 heterocycles. The van der Waals surface area contributed by atoms with E-state index in [9.17, 15) is 9.59 Å². The van der Waals surface area contributed by atoms with Crippen LogP contribution in [-0.4, -0.2) is 39.3 Å². The van der Waals surface area contributed by atoms with Gasteiger partial charge in [-0.15, -0.1) is 0 Å². The molecule has 2 amide bonds. The smallest absolute Gasteiger partial charge is 0.242 e. The second kappa shape index (κ2) is 11.0. The Morgan fingerprint density at radius 1 is 1.10 bits per heavy atom. The van der Waals surface area contributed by atoms with Gasteiger partial charge < -0.3 is 18.8 Å². The van der Waals surface area contributed by atoms with Crippen LogP contribution in [0.1, 0.15) is 63.3 Å². The predicted octanol–water partition coefficient (Wildman–Crippen LogP) is 4.36. The van der Waals surface area contributed by atoms with Gasteiger partial charge in [-0.2, -0.15) is 0 Å². The molecule has 3 rings (SSSR count). The molecule has 0 bridgehead atoms. The van der Waals surface area contributed by atoms with Crippen LogP contribution in [0, 0.1) is 5.92 Å². The average molecular weight is 414 g/mol. The van der Waals surface area contributed by atoms with Crippen molar-refractivity contribution >= 4 is 11.8 Å². The Kier molecular flexibility index (Phi) is 8.17. The minimum absolute atomic E-state index is 0.0344. The lowest BCUT2D eigenvalue weighted by molar-refractivity contribution is -0.144.